The van der Waals surface area contributed by atoms with Crippen LogP contribution in [0.1, 0.15) is 55.1 Å². The van der Waals surface area contributed by atoms with Crippen molar-refractivity contribution in [3.8, 4) is 5.75 Å². The predicted octanol–water partition coefficient (Wildman–Crippen LogP) is 3.38. The normalized spacial score (nSPS) is 20.8. The molecule has 1 amide bonds. The standard InChI is InChI=1S/C20H26N4O2/c25-20(19-11-13-24(23-19)16-4-3-12-21-14-16)22-15-7-9-18(10-8-15)26-17-5-1-2-6-17/h7-11,13,16-17,21H,1-6,12,14H2,(H,22,25). The first-order valence-electron chi connectivity index (χ1n) is 9.62. The van der Waals surface area contributed by atoms with Crippen molar-refractivity contribution in [2.45, 2.75) is 50.7 Å². The largest absolute Gasteiger partial charge is 0.490 e. The third kappa shape index (κ3) is 4.07. The van der Waals surface area contributed by atoms with Gasteiger partial charge in [-0.3, -0.25) is 9.48 Å². The molecule has 2 fully saturated rings. The van der Waals surface area contributed by atoms with Gasteiger partial charge in [0.15, 0.2) is 5.69 Å². The summed E-state index contributed by atoms with van der Waals surface area (Å²) < 4.78 is 7.86. The van der Waals surface area contributed by atoms with Crippen LogP contribution in [-0.4, -0.2) is 34.9 Å². The summed E-state index contributed by atoms with van der Waals surface area (Å²) >= 11 is 0. The minimum Gasteiger partial charge on any atom is -0.490 e. The highest BCUT2D eigenvalue weighted by Gasteiger charge is 2.18. The SMILES string of the molecule is O=C(Nc1ccc(OC2CCCC2)cc1)c1ccn(C2CCCNC2)n1. The van der Waals surface area contributed by atoms with E-state index in [-0.39, 0.29) is 5.91 Å². The third-order valence-electron chi connectivity index (χ3n) is 5.20. The fourth-order valence-electron chi connectivity index (χ4n) is 3.73. The van der Waals surface area contributed by atoms with E-state index < -0.39 is 0 Å². The van der Waals surface area contributed by atoms with E-state index in [4.69, 9.17) is 4.74 Å². The van der Waals surface area contributed by atoms with E-state index in [2.05, 4.69) is 15.7 Å². The lowest BCUT2D eigenvalue weighted by atomic mass is 10.1. The van der Waals surface area contributed by atoms with Gasteiger partial charge >= 0.3 is 0 Å². The number of aromatic nitrogens is 2. The fraction of sp³-hybridized carbons (Fsp3) is 0.500. The third-order valence-corrected chi connectivity index (χ3v) is 5.20. The van der Waals surface area contributed by atoms with Crippen molar-refractivity contribution in [3.05, 3.63) is 42.2 Å². The Hall–Kier alpha value is -2.34. The Kier molecular flexibility index (Phi) is 5.20. The number of ether oxygens (including phenoxy) is 1. The van der Waals surface area contributed by atoms with Crippen molar-refractivity contribution < 1.29 is 9.53 Å². The van der Waals surface area contributed by atoms with Crippen LogP contribution in [0.4, 0.5) is 5.69 Å². The molecule has 138 valence electrons. The van der Waals surface area contributed by atoms with Crippen LogP contribution in [0.25, 0.3) is 0 Å². The van der Waals surface area contributed by atoms with Crippen molar-refractivity contribution in [1.82, 2.24) is 15.1 Å². The Labute approximate surface area is 153 Å². The lowest BCUT2D eigenvalue weighted by Gasteiger charge is -2.22. The molecule has 2 heterocycles. The number of rotatable bonds is 5. The maximum absolute atomic E-state index is 12.4. The molecule has 4 rings (SSSR count). The van der Waals surface area contributed by atoms with E-state index in [1.54, 1.807) is 6.07 Å². The molecule has 1 unspecified atom stereocenters. The second-order valence-corrected chi connectivity index (χ2v) is 7.18. The van der Waals surface area contributed by atoms with E-state index >= 15 is 0 Å². The highest BCUT2D eigenvalue weighted by Crippen LogP contribution is 2.25. The van der Waals surface area contributed by atoms with Crippen molar-refractivity contribution in [2.75, 3.05) is 18.4 Å². The Balaban J connectivity index is 1.34. The summed E-state index contributed by atoms with van der Waals surface area (Å²) in [5.74, 6) is 0.681. The van der Waals surface area contributed by atoms with Crippen LogP contribution in [0, 0.1) is 0 Å². The van der Waals surface area contributed by atoms with Gasteiger partial charge in [0.05, 0.1) is 12.1 Å². The molecule has 1 atom stereocenters. The summed E-state index contributed by atoms with van der Waals surface area (Å²) in [5, 5.41) is 10.7. The molecule has 26 heavy (non-hydrogen) atoms. The predicted molar refractivity (Wildman–Crippen MR) is 101 cm³/mol. The molecule has 1 aliphatic carbocycles. The molecule has 0 spiro atoms. The second-order valence-electron chi connectivity index (χ2n) is 7.18. The van der Waals surface area contributed by atoms with E-state index in [0.717, 1.165) is 50.2 Å². The number of nitrogens with zero attached hydrogens (tertiary/aromatic N) is 2. The van der Waals surface area contributed by atoms with Crippen molar-refractivity contribution in [2.24, 2.45) is 0 Å². The first-order valence-corrected chi connectivity index (χ1v) is 9.62. The smallest absolute Gasteiger partial charge is 0.276 e. The van der Waals surface area contributed by atoms with Gasteiger partial charge in [-0.15, -0.1) is 0 Å². The van der Waals surface area contributed by atoms with Gasteiger partial charge in [-0.1, -0.05) is 0 Å². The molecule has 1 saturated heterocycles. The van der Waals surface area contributed by atoms with Crippen molar-refractivity contribution >= 4 is 11.6 Å². The minimum absolute atomic E-state index is 0.183. The molecule has 2 aliphatic rings. The molecule has 1 aliphatic heterocycles. The number of benzene rings is 1. The monoisotopic (exact) mass is 354 g/mol. The van der Waals surface area contributed by atoms with Crippen LogP contribution in [0.3, 0.4) is 0 Å². The summed E-state index contributed by atoms with van der Waals surface area (Å²) in [6, 6.07) is 9.70. The zero-order valence-electron chi connectivity index (χ0n) is 15.0. The average molecular weight is 354 g/mol. The molecule has 1 aromatic carbocycles. The Morgan fingerprint density at radius 1 is 1.12 bits per heavy atom. The Morgan fingerprint density at radius 3 is 2.65 bits per heavy atom. The molecular formula is C20H26N4O2. The number of amides is 1. The summed E-state index contributed by atoms with van der Waals surface area (Å²) in [6.45, 7) is 1.97. The van der Waals surface area contributed by atoms with Crippen LogP contribution in [0.15, 0.2) is 36.5 Å². The Morgan fingerprint density at radius 2 is 1.92 bits per heavy atom. The minimum atomic E-state index is -0.183. The van der Waals surface area contributed by atoms with Crippen LogP contribution in [-0.2, 0) is 0 Å². The topological polar surface area (TPSA) is 68.2 Å². The van der Waals surface area contributed by atoms with Crippen LogP contribution in [0.5, 0.6) is 5.75 Å². The number of carbonyl (C=O) groups excluding carboxylic acids is 1. The maximum atomic E-state index is 12.4. The van der Waals surface area contributed by atoms with Gasteiger partial charge in [-0.2, -0.15) is 5.10 Å². The maximum Gasteiger partial charge on any atom is 0.276 e. The number of piperidine rings is 1. The summed E-state index contributed by atoms with van der Waals surface area (Å²) in [5.41, 5.74) is 1.20. The Bertz CT molecular complexity index is 729. The average Bonchev–Trinajstić information content (AvgIpc) is 3.36. The molecule has 0 radical (unpaired) electrons. The van der Waals surface area contributed by atoms with Gasteiger partial charge in [0.25, 0.3) is 5.91 Å². The van der Waals surface area contributed by atoms with E-state index in [1.165, 1.54) is 12.8 Å². The molecule has 1 saturated carbocycles. The summed E-state index contributed by atoms with van der Waals surface area (Å²) in [4.78, 5) is 12.4. The lowest BCUT2D eigenvalue weighted by molar-refractivity contribution is 0.102. The zero-order chi connectivity index (χ0) is 17.8. The molecule has 6 nitrogen and oxygen atoms in total. The zero-order valence-corrected chi connectivity index (χ0v) is 15.0. The van der Waals surface area contributed by atoms with Crippen molar-refractivity contribution in [3.63, 3.8) is 0 Å². The van der Waals surface area contributed by atoms with Gasteiger partial charge in [0.1, 0.15) is 5.75 Å². The van der Waals surface area contributed by atoms with Gasteiger partial charge in [-0.25, -0.2) is 0 Å². The van der Waals surface area contributed by atoms with Crippen LogP contribution >= 0.6 is 0 Å². The van der Waals surface area contributed by atoms with Crippen LogP contribution < -0.4 is 15.4 Å². The second kappa shape index (κ2) is 7.91. The van der Waals surface area contributed by atoms with E-state index in [0.29, 0.717) is 17.8 Å². The first kappa shape index (κ1) is 17.1. The highest BCUT2D eigenvalue weighted by atomic mass is 16.5. The lowest BCUT2D eigenvalue weighted by Crippen LogP contribution is -2.32. The molecule has 1 aromatic heterocycles. The van der Waals surface area contributed by atoms with Gasteiger partial charge in [0, 0.05) is 18.4 Å². The number of anilines is 1. The van der Waals surface area contributed by atoms with E-state index in [1.807, 2.05) is 35.1 Å². The summed E-state index contributed by atoms with van der Waals surface area (Å²) in [7, 11) is 0. The fourth-order valence-corrected chi connectivity index (χ4v) is 3.73. The number of hydrogen-bond donors (Lipinski definition) is 2. The highest BCUT2D eigenvalue weighted by molar-refractivity contribution is 6.02. The molecule has 6 heteroatoms. The number of carbonyl (C=O) groups is 1. The number of nitrogens with one attached hydrogen (secondary N) is 2. The molecule has 2 aromatic rings. The van der Waals surface area contributed by atoms with Gasteiger partial charge < -0.3 is 15.4 Å². The summed E-state index contributed by atoms with van der Waals surface area (Å²) in [6.07, 6.45) is 9.25. The van der Waals surface area contributed by atoms with Crippen LogP contribution in [0.2, 0.25) is 0 Å². The van der Waals surface area contributed by atoms with E-state index in [9.17, 15) is 4.79 Å². The molecule has 2 N–H and O–H groups in total. The van der Waals surface area contributed by atoms with Crippen molar-refractivity contribution in [1.29, 1.82) is 0 Å². The molecular weight excluding hydrogens is 328 g/mol. The molecule has 0 bridgehead atoms. The number of hydrogen-bond acceptors (Lipinski definition) is 4. The van der Waals surface area contributed by atoms with Gasteiger partial charge in [-0.05, 0) is 75.4 Å². The van der Waals surface area contributed by atoms with Gasteiger partial charge in [0.2, 0.25) is 0 Å². The first-order chi connectivity index (χ1) is 12.8. The quantitative estimate of drug-likeness (QED) is 0.864.